The van der Waals surface area contributed by atoms with E-state index in [1.54, 1.807) is 0 Å². The van der Waals surface area contributed by atoms with Gasteiger partial charge < -0.3 is 10.7 Å². The molecule has 1 aromatic heterocycles. The number of nitrogens with one attached hydrogen (secondary N) is 2. The first-order valence-corrected chi connectivity index (χ1v) is 9.69. The summed E-state index contributed by atoms with van der Waals surface area (Å²) in [5.41, 5.74) is 7.52. The van der Waals surface area contributed by atoms with Gasteiger partial charge in [-0.05, 0) is 38.0 Å². The fraction of sp³-hybridized carbons (Fsp3) is 0.250. The topological polar surface area (TPSA) is 71.8 Å². The molecule has 0 unspecified atom stereocenters. The monoisotopic (exact) mass is 379 g/mol. The van der Waals surface area contributed by atoms with Gasteiger partial charge in [-0.1, -0.05) is 59.8 Å². The van der Waals surface area contributed by atoms with Crippen LogP contribution in [0.15, 0.2) is 53.7 Å². The number of aromatic nitrogens is 3. The zero-order valence-electron chi connectivity index (χ0n) is 15.4. The van der Waals surface area contributed by atoms with Crippen LogP contribution < -0.4 is 10.7 Å². The number of carbonyl (C=O) groups is 1. The third kappa shape index (κ3) is 3.42. The number of benzene rings is 2. The van der Waals surface area contributed by atoms with Gasteiger partial charge in [-0.2, -0.15) is 0 Å². The molecule has 1 aliphatic heterocycles. The number of fused-ring (bicyclic) bond motifs is 1. The number of hydrogen-bond acceptors (Lipinski definition) is 5. The molecule has 0 aliphatic carbocycles. The standard InChI is InChI=1S/C20H21N5OS/c1-12-8-10-15(11-9-12)17-18(27-20-23-22-14(3)25(20)24-17)19(26)21-16-7-5-4-6-13(16)2/h4-11,17-18,24H,1-3H3,(H,21,26)/t17-,18+/m1/s1. The number of para-hydroxylation sites is 1. The highest BCUT2D eigenvalue weighted by Gasteiger charge is 2.37. The quantitative estimate of drug-likeness (QED) is 0.727. The molecular weight excluding hydrogens is 358 g/mol. The minimum absolute atomic E-state index is 0.0562. The molecule has 138 valence electrons. The van der Waals surface area contributed by atoms with E-state index in [1.807, 2.05) is 42.8 Å². The summed E-state index contributed by atoms with van der Waals surface area (Å²) < 4.78 is 1.85. The number of rotatable bonds is 3. The molecule has 4 rings (SSSR count). The molecule has 2 heterocycles. The van der Waals surface area contributed by atoms with Crippen LogP contribution in [0.5, 0.6) is 0 Å². The largest absolute Gasteiger partial charge is 0.325 e. The van der Waals surface area contributed by atoms with E-state index < -0.39 is 0 Å². The molecule has 2 atom stereocenters. The van der Waals surface area contributed by atoms with Crippen LogP contribution in [0.25, 0.3) is 0 Å². The number of hydrogen-bond donors (Lipinski definition) is 2. The SMILES string of the molecule is Cc1ccc([C@H]2Nn3c(C)nnc3S[C@@H]2C(=O)Nc2ccccc2C)cc1. The second-order valence-electron chi connectivity index (χ2n) is 6.73. The number of anilines is 1. The van der Waals surface area contributed by atoms with Gasteiger partial charge in [0.1, 0.15) is 11.1 Å². The van der Waals surface area contributed by atoms with Crippen molar-refractivity contribution in [3.8, 4) is 0 Å². The van der Waals surface area contributed by atoms with Gasteiger partial charge in [-0.25, -0.2) is 4.68 Å². The highest BCUT2D eigenvalue weighted by molar-refractivity contribution is 8.00. The summed E-state index contributed by atoms with van der Waals surface area (Å²) in [4.78, 5) is 13.2. The minimum Gasteiger partial charge on any atom is -0.325 e. The summed E-state index contributed by atoms with van der Waals surface area (Å²) in [5, 5.41) is 11.7. The molecule has 0 fully saturated rings. The van der Waals surface area contributed by atoms with Gasteiger partial charge in [0.2, 0.25) is 11.1 Å². The number of aryl methyl sites for hydroxylation is 3. The van der Waals surface area contributed by atoms with Gasteiger partial charge in [-0.15, -0.1) is 10.2 Å². The van der Waals surface area contributed by atoms with Crippen molar-refractivity contribution in [2.45, 2.75) is 37.2 Å². The third-order valence-electron chi connectivity index (χ3n) is 4.70. The summed E-state index contributed by atoms with van der Waals surface area (Å²) in [5.74, 6) is 0.714. The molecule has 0 saturated heterocycles. The Morgan fingerprint density at radius 2 is 1.81 bits per heavy atom. The zero-order chi connectivity index (χ0) is 19.0. The Bertz CT molecular complexity index is 982. The number of nitrogens with zero attached hydrogens (tertiary/aromatic N) is 3. The Hall–Kier alpha value is -2.80. The Morgan fingerprint density at radius 1 is 1.07 bits per heavy atom. The van der Waals surface area contributed by atoms with E-state index >= 15 is 0 Å². The van der Waals surface area contributed by atoms with Crippen LogP contribution in [0, 0.1) is 20.8 Å². The fourth-order valence-corrected chi connectivity index (χ4v) is 4.23. The van der Waals surface area contributed by atoms with Crippen LogP contribution in [0.2, 0.25) is 0 Å². The van der Waals surface area contributed by atoms with Gasteiger partial charge in [0.15, 0.2) is 0 Å². The maximum atomic E-state index is 13.2. The van der Waals surface area contributed by atoms with Gasteiger partial charge >= 0.3 is 0 Å². The van der Waals surface area contributed by atoms with E-state index in [1.165, 1.54) is 17.3 Å². The molecule has 3 aromatic rings. The van der Waals surface area contributed by atoms with Gasteiger partial charge in [-0.3, -0.25) is 4.79 Å². The lowest BCUT2D eigenvalue weighted by molar-refractivity contribution is -0.116. The molecule has 0 spiro atoms. The average molecular weight is 379 g/mol. The molecule has 2 aromatic carbocycles. The lowest BCUT2D eigenvalue weighted by Gasteiger charge is -2.33. The van der Waals surface area contributed by atoms with Crippen molar-refractivity contribution in [3.05, 3.63) is 71.0 Å². The third-order valence-corrected chi connectivity index (χ3v) is 5.91. The van der Waals surface area contributed by atoms with Gasteiger partial charge in [0.25, 0.3) is 0 Å². The molecule has 2 N–H and O–H groups in total. The second kappa shape index (κ2) is 7.08. The highest BCUT2D eigenvalue weighted by atomic mass is 32.2. The lowest BCUT2D eigenvalue weighted by Crippen LogP contribution is -2.41. The first kappa shape index (κ1) is 17.6. The predicted octanol–water partition coefficient (Wildman–Crippen LogP) is 3.60. The summed E-state index contributed by atoms with van der Waals surface area (Å²) in [7, 11) is 0. The molecule has 0 saturated carbocycles. The zero-order valence-corrected chi connectivity index (χ0v) is 16.2. The summed E-state index contributed by atoms with van der Waals surface area (Å²) in [6.07, 6.45) is 0. The van der Waals surface area contributed by atoms with E-state index in [4.69, 9.17) is 0 Å². The lowest BCUT2D eigenvalue weighted by atomic mass is 10.0. The van der Waals surface area contributed by atoms with Crippen LogP contribution >= 0.6 is 11.8 Å². The van der Waals surface area contributed by atoms with Crippen molar-refractivity contribution in [1.29, 1.82) is 0 Å². The average Bonchev–Trinajstić information content (AvgIpc) is 3.03. The molecule has 1 aliphatic rings. The number of thioether (sulfide) groups is 1. The van der Waals surface area contributed by atoms with Crippen LogP contribution in [0.4, 0.5) is 5.69 Å². The normalized spacial score (nSPS) is 18.5. The maximum Gasteiger partial charge on any atom is 0.240 e. The molecule has 0 radical (unpaired) electrons. The maximum absolute atomic E-state index is 13.2. The minimum atomic E-state index is -0.372. The molecule has 1 amide bonds. The summed E-state index contributed by atoms with van der Waals surface area (Å²) in [6.45, 7) is 5.93. The molecule has 27 heavy (non-hydrogen) atoms. The van der Waals surface area contributed by atoms with Crippen molar-refractivity contribution in [3.63, 3.8) is 0 Å². The number of amides is 1. The smallest absolute Gasteiger partial charge is 0.240 e. The van der Waals surface area contributed by atoms with Crippen LogP contribution in [0.3, 0.4) is 0 Å². The van der Waals surface area contributed by atoms with Crippen LogP contribution in [-0.4, -0.2) is 26.0 Å². The van der Waals surface area contributed by atoms with Gasteiger partial charge in [0.05, 0.1) is 6.04 Å². The molecule has 0 bridgehead atoms. The van der Waals surface area contributed by atoms with Gasteiger partial charge in [0, 0.05) is 5.69 Å². The van der Waals surface area contributed by atoms with Crippen molar-refractivity contribution >= 4 is 23.4 Å². The number of carbonyl (C=O) groups excluding carboxylic acids is 1. The Labute approximate surface area is 162 Å². The van der Waals surface area contributed by atoms with Crippen molar-refractivity contribution in [1.82, 2.24) is 14.9 Å². The Balaban J connectivity index is 1.68. The summed E-state index contributed by atoms with van der Waals surface area (Å²) in [6, 6.07) is 15.8. The van der Waals surface area contributed by atoms with Crippen LogP contribution in [-0.2, 0) is 4.79 Å². The van der Waals surface area contributed by atoms with Crippen molar-refractivity contribution in [2.75, 3.05) is 10.7 Å². The fourth-order valence-electron chi connectivity index (χ4n) is 3.10. The van der Waals surface area contributed by atoms with E-state index in [2.05, 4.69) is 52.1 Å². The predicted molar refractivity (Wildman–Crippen MR) is 107 cm³/mol. The second-order valence-corrected chi connectivity index (χ2v) is 7.83. The first-order chi connectivity index (χ1) is 13.0. The van der Waals surface area contributed by atoms with E-state index in [0.717, 1.165) is 22.6 Å². The Kier molecular flexibility index (Phi) is 4.61. The Morgan fingerprint density at radius 3 is 2.56 bits per heavy atom. The first-order valence-electron chi connectivity index (χ1n) is 8.81. The van der Waals surface area contributed by atoms with E-state index in [-0.39, 0.29) is 17.2 Å². The summed E-state index contributed by atoms with van der Waals surface area (Å²) >= 11 is 1.43. The highest BCUT2D eigenvalue weighted by Crippen LogP contribution is 2.37. The van der Waals surface area contributed by atoms with E-state index in [0.29, 0.717) is 5.16 Å². The van der Waals surface area contributed by atoms with Crippen LogP contribution in [0.1, 0.15) is 28.6 Å². The molecular formula is C20H21N5OS. The van der Waals surface area contributed by atoms with Crippen molar-refractivity contribution < 1.29 is 4.79 Å². The molecule has 6 nitrogen and oxygen atoms in total. The molecule has 7 heteroatoms. The van der Waals surface area contributed by atoms with Crippen molar-refractivity contribution in [2.24, 2.45) is 0 Å². The van der Waals surface area contributed by atoms with E-state index in [9.17, 15) is 4.79 Å².